The lowest BCUT2D eigenvalue weighted by Gasteiger charge is -2.33. The lowest BCUT2D eigenvalue weighted by Crippen LogP contribution is -2.42. The molecule has 0 spiro atoms. The van der Waals surface area contributed by atoms with Crippen LogP contribution in [0, 0.1) is 6.92 Å². The second kappa shape index (κ2) is 8.99. The van der Waals surface area contributed by atoms with Gasteiger partial charge in [0.15, 0.2) is 0 Å². The van der Waals surface area contributed by atoms with Gasteiger partial charge in [-0.3, -0.25) is 9.59 Å². The zero-order valence-electron chi connectivity index (χ0n) is 18.4. The molecule has 0 saturated carbocycles. The first-order valence-electron chi connectivity index (χ1n) is 10.9. The number of carbonyl (C=O) groups is 2. The summed E-state index contributed by atoms with van der Waals surface area (Å²) in [4.78, 5) is 30.9. The normalized spacial score (nSPS) is 19.5. The fraction of sp³-hybridized carbons (Fsp3) is 0.435. The van der Waals surface area contributed by atoms with Gasteiger partial charge in [0, 0.05) is 30.9 Å². The van der Waals surface area contributed by atoms with Crippen molar-refractivity contribution in [2.24, 2.45) is 0 Å². The summed E-state index contributed by atoms with van der Waals surface area (Å²) in [6.07, 6.45) is 5.04. The minimum absolute atomic E-state index is 0.0261. The first-order chi connectivity index (χ1) is 15.3. The van der Waals surface area contributed by atoms with E-state index in [0.29, 0.717) is 24.5 Å². The molecule has 1 aromatic carbocycles. The average Bonchev–Trinajstić information content (AvgIpc) is 2.75. The molecule has 8 nitrogen and oxygen atoms in total. The SMILES string of the molecule is Cc1ccnc(NC(=O)CN2C(=O)CCc3cc(S(=O)(=O)N4CCCC[C@@H]4C)ccc32)c1. The van der Waals surface area contributed by atoms with Gasteiger partial charge in [-0.15, -0.1) is 0 Å². The summed E-state index contributed by atoms with van der Waals surface area (Å²) in [6.45, 7) is 4.21. The molecule has 1 atom stereocenters. The second-order valence-electron chi connectivity index (χ2n) is 8.50. The zero-order chi connectivity index (χ0) is 22.9. The highest BCUT2D eigenvalue weighted by atomic mass is 32.2. The highest BCUT2D eigenvalue weighted by Gasteiger charge is 2.33. The number of fused-ring (bicyclic) bond motifs is 1. The van der Waals surface area contributed by atoms with Gasteiger partial charge in [-0.25, -0.2) is 13.4 Å². The third-order valence-electron chi connectivity index (χ3n) is 6.08. The van der Waals surface area contributed by atoms with E-state index in [0.717, 1.165) is 30.4 Å². The minimum Gasteiger partial charge on any atom is -0.309 e. The van der Waals surface area contributed by atoms with Crippen LogP contribution in [0.4, 0.5) is 11.5 Å². The van der Waals surface area contributed by atoms with E-state index in [-0.39, 0.29) is 35.7 Å². The minimum atomic E-state index is -3.60. The van der Waals surface area contributed by atoms with Gasteiger partial charge in [0.1, 0.15) is 12.4 Å². The van der Waals surface area contributed by atoms with E-state index in [4.69, 9.17) is 0 Å². The Morgan fingerprint density at radius 1 is 1.19 bits per heavy atom. The second-order valence-corrected chi connectivity index (χ2v) is 10.4. The molecule has 9 heteroatoms. The molecule has 1 N–H and O–H groups in total. The molecule has 0 radical (unpaired) electrons. The van der Waals surface area contributed by atoms with Gasteiger partial charge in [0.25, 0.3) is 0 Å². The maximum atomic E-state index is 13.2. The van der Waals surface area contributed by atoms with Crippen LogP contribution in [-0.2, 0) is 26.0 Å². The van der Waals surface area contributed by atoms with Crippen LogP contribution in [0.2, 0.25) is 0 Å². The number of hydrogen-bond acceptors (Lipinski definition) is 5. The molecule has 0 aliphatic carbocycles. The number of aromatic nitrogens is 1. The molecule has 1 aromatic heterocycles. The van der Waals surface area contributed by atoms with E-state index in [9.17, 15) is 18.0 Å². The van der Waals surface area contributed by atoms with E-state index < -0.39 is 10.0 Å². The largest absolute Gasteiger partial charge is 0.309 e. The highest BCUT2D eigenvalue weighted by Crippen LogP contribution is 2.32. The molecule has 2 aliphatic heterocycles. The standard InChI is InChI=1S/C23H28N4O4S/c1-16-10-11-24-21(13-16)25-22(28)15-26-20-8-7-19(14-18(20)6-9-23(26)29)32(30,31)27-12-4-3-5-17(27)2/h7-8,10-11,13-14,17H,3-6,9,12,15H2,1-2H3,(H,24,25,28)/t17-/m0/s1. The highest BCUT2D eigenvalue weighted by molar-refractivity contribution is 7.89. The van der Waals surface area contributed by atoms with Crippen molar-refractivity contribution in [1.29, 1.82) is 0 Å². The van der Waals surface area contributed by atoms with Crippen LogP contribution in [0.3, 0.4) is 0 Å². The molecule has 2 aromatic rings. The fourth-order valence-corrected chi connectivity index (χ4v) is 6.12. The summed E-state index contributed by atoms with van der Waals surface area (Å²) in [5.74, 6) is -0.0926. The first kappa shape index (κ1) is 22.4. The Bertz CT molecular complexity index is 1150. The van der Waals surface area contributed by atoms with Crippen LogP contribution in [0.25, 0.3) is 0 Å². The van der Waals surface area contributed by atoms with Crippen molar-refractivity contribution in [3.05, 3.63) is 47.7 Å². The molecule has 2 amide bonds. The van der Waals surface area contributed by atoms with Crippen LogP contribution >= 0.6 is 0 Å². The Hall–Kier alpha value is -2.78. The van der Waals surface area contributed by atoms with Crippen LogP contribution < -0.4 is 10.2 Å². The smallest absolute Gasteiger partial charge is 0.245 e. The molecule has 4 rings (SSSR count). The Balaban J connectivity index is 1.55. The third kappa shape index (κ3) is 4.54. The number of hydrogen-bond donors (Lipinski definition) is 1. The van der Waals surface area contributed by atoms with Crippen molar-refractivity contribution in [3.63, 3.8) is 0 Å². The Kier molecular flexibility index (Phi) is 6.30. The molecule has 0 bridgehead atoms. The number of nitrogens with one attached hydrogen (secondary N) is 1. The Labute approximate surface area is 188 Å². The molecule has 170 valence electrons. The number of amides is 2. The van der Waals surface area contributed by atoms with Crippen molar-refractivity contribution < 1.29 is 18.0 Å². The van der Waals surface area contributed by atoms with Crippen LogP contribution in [0.5, 0.6) is 0 Å². The van der Waals surface area contributed by atoms with Gasteiger partial charge in [0.2, 0.25) is 21.8 Å². The average molecular weight is 457 g/mol. The summed E-state index contributed by atoms with van der Waals surface area (Å²) < 4.78 is 28.0. The summed E-state index contributed by atoms with van der Waals surface area (Å²) in [7, 11) is -3.60. The Morgan fingerprint density at radius 2 is 2.00 bits per heavy atom. The number of piperidine rings is 1. The number of rotatable bonds is 5. The van der Waals surface area contributed by atoms with Crippen molar-refractivity contribution in [2.75, 3.05) is 23.3 Å². The summed E-state index contributed by atoms with van der Waals surface area (Å²) in [6, 6.07) is 8.40. The topological polar surface area (TPSA) is 99.7 Å². The molecular weight excluding hydrogens is 428 g/mol. The van der Waals surface area contributed by atoms with Crippen LogP contribution in [-0.4, -0.2) is 48.7 Å². The molecular formula is C23H28N4O4S. The first-order valence-corrected chi connectivity index (χ1v) is 12.4. The predicted molar refractivity (Wildman–Crippen MR) is 122 cm³/mol. The van der Waals surface area contributed by atoms with Crippen molar-refractivity contribution >= 4 is 33.3 Å². The van der Waals surface area contributed by atoms with Gasteiger partial charge in [-0.1, -0.05) is 6.42 Å². The van der Waals surface area contributed by atoms with Gasteiger partial charge in [-0.2, -0.15) is 4.31 Å². The number of carbonyl (C=O) groups excluding carboxylic acids is 2. The molecule has 1 saturated heterocycles. The number of benzene rings is 1. The lowest BCUT2D eigenvalue weighted by atomic mass is 10.0. The summed E-state index contributed by atoms with van der Waals surface area (Å²) in [5.41, 5.74) is 2.31. The van der Waals surface area contributed by atoms with E-state index >= 15 is 0 Å². The molecule has 3 heterocycles. The van der Waals surface area contributed by atoms with Crippen molar-refractivity contribution in [1.82, 2.24) is 9.29 Å². The van der Waals surface area contributed by atoms with E-state index in [1.54, 1.807) is 34.8 Å². The van der Waals surface area contributed by atoms with E-state index in [1.165, 1.54) is 4.90 Å². The third-order valence-corrected chi connectivity index (χ3v) is 8.09. The quantitative estimate of drug-likeness (QED) is 0.746. The maximum Gasteiger partial charge on any atom is 0.245 e. The van der Waals surface area contributed by atoms with Crippen LogP contribution in [0.1, 0.15) is 43.7 Å². The number of aryl methyl sites for hydroxylation is 2. The molecule has 0 unspecified atom stereocenters. The van der Waals surface area contributed by atoms with Crippen LogP contribution in [0.15, 0.2) is 41.4 Å². The monoisotopic (exact) mass is 456 g/mol. The van der Waals surface area contributed by atoms with Gasteiger partial charge in [-0.05, 0) is 74.6 Å². The van der Waals surface area contributed by atoms with Gasteiger partial charge >= 0.3 is 0 Å². The Morgan fingerprint density at radius 3 is 2.75 bits per heavy atom. The number of anilines is 2. The lowest BCUT2D eigenvalue weighted by molar-refractivity contribution is -0.121. The molecule has 2 aliphatic rings. The van der Waals surface area contributed by atoms with E-state index in [2.05, 4.69) is 10.3 Å². The number of pyridine rings is 1. The maximum absolute atomic E-state index is 13.2. The molecule has 1 fully saturated rings. The summed E-state index contributed by atoms with van der Waals surface area (Å²) in [5, 5.41) is 2.72. The number of nitrogens with zero attached hydrogens (tertiary/aromatic N) is 3. The van der Waals surface area contributed by atoms with Gasteiger partial charge in [0.05, 0.1) is 4.90 Å². The molecule has 32 heavy (non-hydrogen) atoms. The predicted octanol–water partition coefficient (Wildman–Crippen LogP) is 2.87. The summed E-state index contributed by atoms with van der Waals surface area (Å²) >= 11 is 0. The van der Waals surface area contributed by atoms with E-state index in [1.807, 2.05) is 19.9 Å². The fourth-order valence-electron chi connectivity index (χ4n) is 4.36. The number of sulfonamides is 1. The zero-order valence-corrected chi connectivity index (χ0v) is 19.2. The van der Waals surface area contributed by atoms with Gasteiger partial charge < -0.3 is 10.2 Å². The van der Waals surface area contributed by atoms with Crippen molar-refractivity contribution in [2.45, 2.75) is 56.9 Å². The van der Waals surface area contributed by atoms with Crippen molar-refractivity contribution in [3.8, 4) is 0 Å².